The van der Waals surface area contributed by atoms with Crippen molar-refractivity contribution in [2.75, 3.05) is 0 Å². The highest BCUT2D eigenvalue weighted by Gasteiger charge is 2.12. The molecular weight excluding hydrogens is 374 g/mol. The molecule has 0 saturated heterocycles. The third kappa shape index (κ3) is 4.41. The predicted molar refractivity (Wildman–Crippen MR) is 139 cm³/mol. The molecule has 0 bridgehead atoms. The van der Waals surface area contributed by atoms with E-state index in [1.807, 2.05) is 27.7 Å². The molecule has 0 atom stereocenters. The molecule has 0 aliphatic rings. The van der Waals surface area contributed by atoms with Crippen LogP contribution in [0.3, 0.4) is 0 Å². The summed E-state index contributed by atoms with van der Waals surface area (Å²) in [6.07, 6.45) is 0. The van der Waals surface area contributed by atoms with Gasteiger partial charge in [0.1, 0.15) is 0 Å². The van der Waals surface area contributed by atoms with Gasteiger partial charge in [-0.15, -0.1) is 0 Å². The SMILES string of the molecule is CC.CC.Cc1cc(-c2ccccc2)cc2c1[nH]c1c(C)cc(-c3ccccc3)cc12. The zero-order chi connectivity index (χ0) is 22.4. The summed E-state index contributed by atoms with van der Waals surface area (Å²) in [5.41, 5.74) is 10.1. The summed E-state index contributed by atoms with van der Waals surface area (Å²) in [5, 5.41) is 2.59. The van der Waals surface area contributed by atoms with E-state index < -0.39 is 0 Å². The lowest BCUT2D eigenvalue weighted by atomic mass is 9.97. The van der Waals surface area contributed by atoms with Crippen LogP contribution in [0.5, 0.6) is 0 Å². The summed E-state index contributed by atoms with van der Waals surface area (Å²) in [5.74, 6) is 0. The van der Waals surface area contributed by atoms with Crippen LogP contribution in [0.4, 0.5) is 0 Å². The van der Waals surface area contributed by atoms with Crippen molar-refractivity contribution in [1.82, 2.24) is 4.98 Å². The Morgan fingerprint density at radius 3 is 1.16 bits per heavy atom. The number of hydrogen-bond acceptors (Lipinski definition) is 0. The Balaban J connectivity index is 0.000000645. The highest BCUT2D eigenvalue weighted by molar-refractivity contribution is 6.11. The lowest BCUT2D eigenvalue weighted by molar-refractivity contribution is 1.42. The number of aromatic nitrogens is 1. The van der Waals surface area contributed by atoms with Crippen molar-refractivity contribution in [3.05, 3.63) is 96.1 Å². The summed E-state index contributed by atoms with van der Waals surface area (Å²) in [7, 11) is 0. The summed E-state index contributed by atoms with van der Waals surface area (Å²) in [4.78, 5) is 3.67. The highest BCUT2D eigenvalue weighted by atomic mass is 14.7. The molecule has 0 saturated carbocycles. The minimum Gasteiger partial charge on any atom is -0.354 e. The molecular formula is C30H33N. The monoisotopic (exact) mass is 407 g/mol. The molecule has 1 heteroatoms. The van der Waals surface area contributed by atoms with E-state index >= 15 is 0 Å². The molecule has 31 heavy (non-hydrogen) atoms. The van der Waals surface area contributed by atoms with E-state index in [2.05, 4.69) is 104 Å². The standard InChI is InChI=1S/C26H21N.2C2H6/c1-17-13-21(19-9-5-3-6-10-19)15-23-24-16-22(20-11-7-4-8-12-20)14-18(2)26(24)27-25(17)23;2*1-2/h3-16,27H,1-2H3;2*1-2H3. The van der Waals surface area contributed by atoms with Crippen molar-refractivity contribution in [2.24, 2.45) is 0 Å². The topological polar surface area (TPSA) is 15.8 Å². The average molecular weight is 408 g/mol. The molecule has 0 spiro atoms. The van der Waals surface area contributed by atoms with E-state index in [-0.39, 0.29) is 0 Å². The van der Waals surface area contributed by atoms with Crippen LogP contribution in [-0.2, 0) is 0 Å². The van der Waals surface area contributed by atoms with Gasteiger partial charge in [0.2, 0.25) is 0 Å². The number of fused-ring (bicyclic) bond motifs is 3. The second-order valence-electron chi connectivity index (χ2n) is 7.29. The zero-order valence-electron chi connectivity index (χ0n) is 19.6. The largest absolute Gasteiger partial charge is 0.354 e. The van der Waals surface area contributed by atoms with E-state index in [4.69, 9.17) is 0 Å². The molecule has 0 aliphatic heterocycles. The predicted octanol–water partition coefficient (Wildman–Crippen LogP) is 9.32. The first kappa shape index (κ1) is 22.4. The van der Waals surface area contributed by atoms with Gasteiger partial charge in [-0.2, -0.15) is 0 Å². The molecule has 0 fully saturated rings. The Bertz CT molecular complexity index is 1160. The number of H-pyrrole nitrogens is 1. The fraction of sp³-hybridized carbons (Fsp3) is 0.200. The molecule has 0 amide bonds. The Kier molecular flexibility index (Phi) is 7.31. The number of aromatic amines is 1. The molecule has 5 rings (SSSR count). The lowest BCUT2D eigenvalue weighted by Crippen LogP contribution is -1.82. The zero-order valence-corrected chi connectivity index (χ0v) is 19.6. The molecule has 1 aromatic heterocycles. The molecule has 0 unspecified atom stereocenters. The van der Waals surface area contributed by atoms with Crippen LogP contribution in [0, 0.1) is 13.8 Å². The van der Waals surface area contributed by atoms with Gasteiger partial charge in [-0.25, -0.2) is 0 Å². The number of aryl methyl sites for hydroxylation is 2. The summed E-state index contributed by atoms with van der Waals surface area (Å²) >= 11 is 0. The number of hydrogen-bond donors (Lipinski definition) is 1. The maximum absolute atomic E-state index is 3.67. The smallest absolute Gasteiger partial charge is 0.0495 e. The van der Waals surface area contributed by atoms with Gasteiger partial charge in [-0.1, -0.05) is 88.4 Å². The van der Waals surface area contributed by atoms with Crippen molar-refractivity contribution >= 4 is 21.8 Å². The van der Waals surface area contributed by atoms with Gasteiger partial charge in [-0.3, -0.25) is 0 Å². The molecule has 1 nitrogen and oxygen atoms in total. The molecule has 5 aromatic rings. The van der Waals surface area contributed by atoms with Gasteiger partial charge in [-0.05, 0) is 71.5 Å². The molecule has 1 heterocycles. The molecule has 158 valence electrons. The Labute approximate surface area is 186 Å². The molecule has 4 aromatic carbocycles. The number of rotatable bonds is 2. The average Bonchev–Trinajstić information content (AvgIpc) is 3.23. The quantitative estimate of drug-likeness (QED) is 0.300. The minimum atomic E-state index is 1.23. The van der Waals surface area contributed by atoms with Gasteiger partial charge in [0, 0.05) is 21.8 Å². The Morgan fingerprint density at radius 2 is 0.806 bits per heavy atom. The van der Waals surface area contributed by atoms with Gasteiger partial charge in [0.15, 0.2) is 0 Å². The van der Waals surface area contributed by atoms with Crippen LogP contribution in [0.2, 0.25) is 0 Å². The Hall–Kier alpha value is -3.32. The third-order valence-electron chi connectivity index (χ3n) is 5.43. The van der Waals surface area contributed by atoms with Crippen molar-refractivity contribution in [1.29, 1.82) is 0 Å². The van der Waals surface area contributed by atoms with Crippen LogP contribution in [0.25, 0.3) is 44.1 Å². The van der Waals surface area contributed by atoms with Crippen molar-refractivity contribution in [2.45, 2.75) is 41.5 Å². The lowest BCUT2D eigenvalue weighted by Gasteiger charge is -2.06. The second-order valence-corrected chi connectivity index (χ2v) is 7.29. The summed E-state index contributed by atoms with van der Waals surface area (Å²) in [6.45, 7) is 12.4. The van der Waals surface area contributed by atoms with Gasteiger partial charge in [0.25, 0.3) is 0 Å². The fourth-order valence-corrected chi connectivity index (χ4v) is 4.05. The number of benzene rings is 4. The van der Waals surface area contributed by atoms with Gasteiger partial charge < -0.3 is 4.98 Å². The van der Waals surface area contributed by atoms with Crippen molar-refractivity contribution in [3.63, 3.8) is 0 Å². The van der Waals surface area contributed by atoms with Crippen molar-refractivity contribution < 1.29 is 0 Å². The second kappa shape index (κ2) is 10.1. The van der Waals surface area contributed by atoms with E-state index in [0.717, 1.165) is 0 Å². The first-order valence-corrected chi connectivity index (χ1v) is 11.4. The van der Waals surface area contributed by atoms with Crippen LogP contribution >= 0.6 is 0 Å². The molecule has 0 radical (unpaired) electrons. The van der Waals surface area contributed by atoms with Gasteiger partial charge >= 0.3 is 0 Å². The van der Waals surface area contributed by atoms with E-state index in [0.29, 0.717) is 0 Å². The first-order valence-electron chi connectivity index (χ1n) is 11.4. The molecule has 1 N–H and O–H groups in total. The summed E-state index contributed by atoms with van der Waals surface area (Å²) in [6, 6.07) is 30.4. The van der Waals surface area contributed by atoms with E-state index in [1.165, 1.54) is 55.2 Å². The maximum atomic E-state index is 3.67. The third-order valence-corrected chi connectivity index (χ3v) is 5.43. The Morgan fingerprint density at radius 1 is 0.452 bits per heavy atom. The van der Waals surface area contributed by atoms with Gasteiger partial charge in [0.05, 0.1) is 0 Å². The normalized spacial score (nSPS) is 10.3. The minimum absolute atomic E-state index is 1.23. The summed E-state index contributed by atoms with van der Waals surface area (Å²) < 4.78 is 0. The van der Waals surface area contributed by atoms with E-state index in [9.17, 15) is 0 Å². The maximum Gasteiger partial charge on any atom is 0.0495 e. The van der Waals surface area contributed by atoms with Crippen LogP contribution < -0.4 is 0 Å². The van der Waals surface area contributed by atoms with Crippen molar-refractivity contribution in [3.8, 4) is 22.3 Å². The fourth-order valence-electron chi connectivity index (χ4n) is 4.05. The molecule has 0 aliphatic carbocycles. The first-order chi connectivity index (χ1) is 15.2. The highest BCUT2D eigenvalue weighted by Crippen LogP contribution is 2.36. The van der Waals surface area contributed by atoms with Crippen LogP contribution in [-0.4, -0.2) is 4.98 Å². The number of nitrogens with one attached hydrogen (secondary N) is 1. The van der Waals surface area contributed by atoms with E-state index in [1.54, 1.807) is 0 Å². The van der Waals surface area contributed by atoms with Crippen LogP contribution in [0.15, 0.2) is 84.9 Å². The van der Waals surface area contributed by atoms with Crippen LogP contribution in [0.1, 0.15) is 38.8 Å².